The van der Waals surface area contributed by atoms with E-state index in [-0.39, 0.29) is 11.3 Å². The summed E-state index contributed by atoms with van der Waals surface area (Å²) in [6, 6.07) is 3.24. The Balaban J connectivity index is 2.14. The molecule has 0 saturated carbocycles. The van der Waals surface area contributed by atoms with Crippen molar-refractivity contribution in [2.75, 3.05) is 24.2 Å². The summed E-state index contributed by atoms with van der Waals surface area (Å²) in [7, 11) is 0. The highest BCUT2D eigenvalue weighted by Crippen LogP contribution is 2.24. The van der Waals surface area contributed by atoms with E-state index in [4.69, 9.17) is 5.11 Å². The minimum Gasteiger partial charge on any atom is -0.478 e. The smallest absolute Gasteiger partial charge is 0.337 e. The summed E-state index contributed by atoms with van der Waals surface area (Å²) in [5.74, 6) is -1.19. The topological polar surface area (TPSA) is 69.6 Å². The van der Waals surface area contributed by atoms with E-state index in [9.17, 15) is 14.0 Å². The molecule has 1 aliphatic heterocycles. The number of amides is 2. The van der Waals surface area contributed by atoms with Gasteiger partial charge < -0.3 is 15.3 Å². The monoisotopic (exact) mass is 312 g/mol. The van der Waals surface area contributed by atoms with Crippen LogP contribution in [0.25, 0.3) is 0 Å². The molecule has 0 bridgehead atoms. The van der Waals surface area contributed by atoms with E-state index < -0.39 is 17.8 Å². The molecule has 1 heterocycles. The van der Waals surface area contributed by atoms with Gasteiger partial charge in [0.05, 0.1) is 11.3 Å². The lowest BCUT2D eigenvalue weighted by atomic mass is 10.1. The fourth-order valence-electron chi connectivity index (χ4n) is 2.17. The number of hydrogen-bond donors (Lipinski definition) is 2. The number of nitrogens with zero attached hydrogens (tertiary/aromatic N) is 1. The number of anilines is 1. The minimum absolute atomic E-state index is 0.248. The van der Waals surface area contributed by atoms with Crippen LogP contribution in [-0.4, -0.2) is 46.1 Å². The van der Waals surface area contributed by atoms with Gasteiger partial charge in [-0.05, 0) is 18.6 Å². The van der Waals surface area contributed by atoms with E-state index in [1.807, 2.05) is 11.8 Å². The maximum absolute atomic E-state index is 13.8. The number of nitrogens with one attached hydrogen (secondary N) is 1. The molecule has 21 heavy (non-hydrogen) atoms. The number of para-hydroxylation sites is 1. The van der Waals surface area contributed by atoms with Crippen molar-refractivity contribution in [1.29, 1.82) is 0 Å². The number of rotatable bonds is 3. The third-order valence-electron chi connectivity index (χ3n) is 3.36. The molecule has 1 atom stereocenters. The molecule has 0 aromatic heterocycles. The van der Waals surface area contributed by atoms with Crippen LogP contribution in [-0.2, 0) is 0 Å². The van der Waals surface area contributed by atoms with Gasteiger partial charge in [0.15, 0.2) is 0 Å². The Morgan fingerprint density at radius 2 is 2.29 bits per heavy atom. The lowest BCUT2D eigenvalue weighted by Gasteiger charge is -2.32. The van der Waals surface area contributed by atoms with Gasteiger partial charge in [0.25, 0.3) is 0 Å². The largest absolute Gasteiger partial charge is 0.478 e. The van der Waals surface area contributed by atoms with Crippen molar-refractivity contribution in [2.45, 2.75) is 18.6 Å². The molecule has 0 aliphatic carbocycles. The zero-order chi connectivity index (χ0) is 15.4. The van der Waals surface area contributed by atoms with Gasteiger partial charge in [-0.2, -0.15) is 11.8 Å². The highest BCUT2D eigenvalue weighted by molar-refractivity contribution is 8.00. The van der Waals surface area contributed by atoms with Crippen molar-refractivity contribution in [3.05, 3.63) is 29.6 Å². The Kier molecular flexibility index (Phi) is 5.06. The number of carboxylic acids is 1. The Labute approximate surface area is 126 Å². The molecule has 1 saturated heterocycles. The van der Waals surface area contributed by atoms with Gasteiger partial charge in [-0.1, -0.05) is 13.0 Å². The second kappa shape index (κ2) is 6.80. The number of halogens is 1. The summed E-state index contributed by atoms with van der Waals surface area (Å²) >= 11 is 1.81. The normalized spacial score (nSPS) is 18.4. The summed E-state index contributed by atoms with van der Waals surface area (Å²) in [6.07, 6.45) is 0.953. The second-order valence-corrected chi connectivity index (χ2v) is 6.15. The Bertz CT molecular complexity index is 553. The number of carboxylic acid groups (broad SMARTS) is 1. The second-order valence-electron chi connectivity index (χ2n) is 4.74. The molecule has 2 amide bonds. The highest BCUT2D eigenvalue weighted by Gasteiger charge is 2.25. The van der Waals surface area contributed by atoms with Gasteiger partial charge >= 0.3 is 12.0 Å². The van der Waals surface area contributed by atoms with Crippen molar-refractivity contribution in [2.24, 2.45) is 0 Å². The third kappa shape index (κ3) is 3.66. The first-order chi connectivity index (χ1) is 10.0. The van der Waals surface area contributed by atoms with Gasteiger partial charge in [-0.3, -0.25) is 0 Å². The van der Waals surface area contributed by atoms with Gasteiger partial charge in [-0.25, -0.2) is 14.0 Å². The quantitative estimate of drug-likeness (QED) is 0.900. The molecule has 0 radical (unpaired) electrons. The molecular weight excluding hydrogens is 295 g/mol. The maximum Gasteiger partial charge on any atom is 0.337 e. The summed E-state index contributed by atoms with van der Waals surface area (Å²) in [6.45, 7) is 3.21. The number of aromatic carboxylic acids is 1. The summed E-state index contributed by atoms with van der Waals surface area (Å²) < 4.78 is 13.8. The van der Waals surface area contributed by atoms with Crippen LogP contribution < -0.4 is 5.32 Å². The van der Waals surface area contributed by atoms with Crippen LogP contribution in [0.4, 0.5) is 14.9 Å². The highest BCUT2D eigenvalue weighted by atomic mass is 32.2. The molecular formula is C14H17FN2O3S. The van der Waals surface area contributed by atoms with E-state index in [1.54, 1.807) is 4.90 Å². The zero-order valence-corrected chi connectivity index (χ0v) is 12.5. The number of carbonyl (C=O) groups is 2. The van der Waals surface area contributed by atoms with Crippen LogP contribution in [0.5, 0.6) is 0 Å². The van der Waals surface area contributed by atoms with Gasteiger partial charge in [0.1, 0.15) is 5.82 Å². The molecule has 7 heteroatoms. The standard InChI is InChI=1S/C14H17FN2O3S/c1-2-9-8-17(6-7-21-9)14(20)16-12-10(13(18)19)4-3-5-11(12)15/h3-5,9H,2,6-8H2,1H3,(H,16,20)(H,18,19). The molecule has 1 fully saturated rings. The fourth-order valence-corrected chi connectivity index (χ4v) is 3.35. The van der Waals surface area contributed by atoms with Gasteiger partial charge in [0, 0.05) is 24.1 Å². The number of benzene rings is 1. The summed E-state index contributed by atoms with van der Waals surface area (Å²) in [5, 5.41) is 11.8. The molecule has 2 N–H and O–H groups in total. The van der Waals surface area contributed by atoms with Crippen molar-refractivity contribution in [3.63, 3.8) is 0 Å². The van der Waals surface area contributed by atoms with Crippen molar-refractivity contribution < 1.29 is 19.1 Å². The van der Waals surface area contributed by atoms with Crippen LogP contribution in [0.3, 0.4) is 0 Å². The Hall–Kier alpha value is -1.76. The molecule has 1 unspecified atom stereocenters. The van der Waals surface area contributed by atoms with E-state index in [0.717, 1.165) is 18.2 Å². The maximum atomic E-state index is 13.8. The van der Waals surface area contributed by atoms with Crippen molar-refractivity contribution in [1.82, 2.24) is 4.90 Å². The number of carbonyl (C=O) groups excluding carboxylic acids is 1. The third-order valence-corrected chi connectivity index (χ3v) is 4.73. The van der Waals surface area contributed by atoms with Crippen LogP contribution in [0.15, 0.2) is 18.2 Å². The zero-order valence-electron chi connectivity index (χ0n) is 11.6. The molecule has 1 aromatic rings. The van der Waals surface area contributed by atoms with Crippen LogP contribution in [0, 0.1) is 5.82 Å². The van der Waals surface area contributed by atoms with Gasteiger partial charge in [0.2, 0.25) is 0 Å². The van der Waals surface area contributed by atoms with E-state index in [0.29, 0.717) is 18.3 Å². The average Bonchev–Trinajstić information content (AvgIpc) is 2.49. The lowest BCUT2D eigenvalue weighted by molar-refractivity contribution is 0.0697. The molecule has 1 aliphatic rings. The van der Waals surface area contributed by atoms with Crippen molar-refractivity contribution >= 4 is 29.4 Å². The first kappa shape index (κ1) is 15.6. The number of urea groups is 1. The SMILES string of the molecule is CCC1CN(C(=O)Nc2c(F)cccc2C(=O)O)CCS1. The van der Waals surface area contributed by atoms with Crippen LogP contribution in [0.1, 0.15) is 23.7 Å². The molecule has 2 rings (SSSR count). The average molecular weight is 312 g/mol. The summed E-state index contributed by atoms with van der Waals surface area (Å²) in [4.78, 5) is 24.9. The van der Waals surface area contributed by atoms with Crippen LogP contribution >= 0.6 is 11.8 Å². The molecule has 1 aromatic carbocycles. The summed E-state index contributed by atoms with van der Waals surface area (Å²) in [5.41, 5.74) is -0.525. The first-order valence-corrected chi connectivity index (χ1v) is 7.77. The molecule has 114 valence electrons. The van der Waals surface area contributed by atoms with E-state index in [2.05, 4.69) is 12.2 Å². The minimum atomic E-state index is -1.27. The molecule has 5 nitrogen and oxygen atoms in total. The predicted octanol–water partition coefficient (Wildman–Crippen LogP) is 2.88. The number of hydrogen-bond acceptors (Lipinski definition) is 3. The van der Waals surface area contributed by atoms with Gasteiger partial charge in [-0.15, -0.1) is 0 Å². The Morgan fingerprint density at radius 3 is 2.95 bits per heavy atom. The van der Waals surface area contributed by atoms with Crippen molar-refractivity contribution in [3.8, 4) is 0 Å². The Morgan fingerprint density at radius 1 is 1.52 bits per heavy atom. The van der Waals surface area contributed by atoms with E-state index in [1.165, 1.54) is 12.1 Å². The molecule has 0 spiro atoms. The van der Waals surface area contributed by atoms with E-state index >= 15 is 0 Å². The van der Waals surface area contributed by atoms with Crippen LogP contribution in [0.2, 0.25) is 0 Å². The number of thioether (sulfide) groups is 1. The predicted molar refractivity (Wildman–Crippen MR) is 80.5 cm³/mol. The first-order valence-electron chi connectivity index (χ1n) is 6.72. The fraction of sp³-hybridized carbons (Fsp3) is 0.429. The lowest BCUT2D eigenvalue weighted by Crippen LogP contribution is -2.44.